The van der Waals surface area contributed by atoms with Gasteiger partial charge in [-0.1, -0.05) is 18.2 Å². The van der Waals surface area contributed by atoms with Crippen molar-refractivity contribution in [2.45, 2.75) is 38.6 Å². The lowest BCUT2D eigenvalue weighted by Crippen LogP contribution is -2.52. The second kappa shape index (κ2) is 6.59. The molecule has 1 heterocycles. The van der Waals surface area contributed by atoms with Gasteiger partial charge in [0.05, 0.1) is 6.42 Å². The van der Waals surface area contributed by atoms with Crippen LogP contribution < -0.4 is 5.32 Å². The van der Waals surface area contributed by atoms with E-state index in [-0.39, 0.29) is 18.3 Å². The molecule has 0 radical (unpaired) electrons. The van der Waals surface area contributed by atoms with Crippen molar-refractivity contribution in [2.24, 2.45) is 0 Å². The lowest BCUT2D eigenvalue weighted by molar-refractivity contribution is -0.133. The largest absolute Gasteiger partial charge is 0.337 e. The van der Waals surface area contributed by atoms with Crippen LogP contribution in [0.3, 0.4) is 0 Å². The van der Waals surface area contributed by atoms with Crippen LogP contribution in [-0.4, -0.2) is 36.5 Å². The van der Waals surface area contributed by atoms with E-state index in [9.17, 15) is 4.79 Å². The monoisotopic (exact) mass is 294 g/mol. The number of benzene rings is 1. The maximum Gasteiger partial charge on any atom is 0.227 e. The molecule has 0 aromatic heterocycles. The third-order valence-electron chi connectivity index (χ3n) is 4.34. The molecule has 1 fully saturated rings. The average molecular weight is 295 g/mol. The summed E-state index contributed by atoms with van der Waals surface area (Å²) in [4.78, 5) is 14.4. The Balaban J connectivity index is 0.00000147. The number of hydrogen-bond donors (Lipinski definition) is 1. The Morgan fingerprint density at radius 2 is 2.15 bits per heavy atom. The average Bonchev–Trinajstić information content (AvgIpc) is 2.86. The fourth-order valence-electron chi connectivity index (χ4n) is 3.22. The Morgan fingerprint density at radius 1 is 1.35 bits per heavy atom. The number of hydrogen-bond acceptors (Lipinski definition) is 2. The van der Waals surface area contributed by atoms with Crippen molar-refractivity contribution in [3.05, 3.63) is 34.9 Å². The molecule has 1 aromatic carbocycles. The summed E-state index contributed by atoms with van der Waals surface area (Å²) in [5.74, 6) is 0.270. The molecule has 1 amide bonds. The summed E-state index contributed by atoms with van der Waals surface area (Å²) < 4.78 is 0. The maximum atomic E-state index is 12.4. The number of piperazine rings is 1. The Morgan fingerprint density at radius 3 is 2.95 bits per heavy atom. The molecule has 1 aliphatic heterocycles. The Bertz CT molecular complexity index is 489. The molecule has 1 saturated heterocycles. The van der Waals surface area contributed by atoms with E-state index in [4.69, 9.17) is 0 Å². The van der Waals surface area contributed by atoms with Gasteiger partial charge < -0.3 is 10.2 Å². The van der Waals surface area contributed by atoms with Crippen molar-refractivity contribution >= 4 is 18.3 Å². The first-order chi connectivity index (χ1) is 9.24. The maximum absolute atomic E-state index is 12.4. The number of halogens is 1. The summed E-state index contributed by atoms with van der Waals surface area (Å²) in [6.07, 6.45) is 4.21. The summed E-state index contributed by atoms with van der Waals surface area (Å²) in [6.45, 7) is 4.79. The molecule has 1 N–H and O–H groups in total. The number of aryl methyl sites for hydroxylation is 2. The summed E-state index contributed by atoms with van der Waals surface area (Å²) >= 11 is 0. The molecule has 4 heteroatoms. The van der Waals surface area contributed by atoms with Gasteiger partial charge in [-0.05, 0) is 42.9 Å². The lowest BCUT2D eigenvalue weighted by atomic mass is 10.0. The topological polar surface area (TPSA) is 32.3 Å². The van der Waals surface area contributed by atoms with E-state index in [2.05, 4.69) is 30.4 Å². The minimum Gasteiger partial charge on any atom is -0.337 e. The summed E-state index contributed by atoms with van der Waals surface area (Å²) in [6, 6.07) is 6.91. The zero-order chi connectivity index (χ0) is 13.2. The van der Waals surface area contributed by atoms with Gasteiger partial charge in [0.15, 0.2) is 0 Å². The summed E-state index contributed by atoms with van der Waals surface area (Å²) in [5.41, 5.74) is 4.11. The molecule has 2 aliphatic rings. The lowest BCUT2D eigenvalue weighted by Gasteiger charge is -2.34. The summed E-state index contributed by atoms with van der Waals surface area (Å²) in [5, 5.41) is 3.32. The highest BCUT2D eigenvalue weighted by Crippen LogP contribution is 2.23. The molecule has 1 atom stereocenters. The molecule has 3 rings (SSSR count). The fourth-order valence-corrected chi connectivity index (χ4v) is 3.22. The van der Waals surface area contributed by atoms with Crippen molar-refractivity contribution in [1.29, 1.82) is 0 Å². The molecular formula is C16H23ClN2O. The zero-order valence-corrected chi connectivity index (χ0v) is 12.8. The molecule has 110 valence electrons. The third kappa shape index (κ3) is 3.15. The molecule has 3 nitrogen and oxygen atoms in total. The van der Waals surface area contributed by atoms with E-state index in [0.29, 0.717) is 12.5 Å². The van der Waals surface area contributed by atoms with E-state index in [0.717, 1.165) is 19.6 Å². The van der Waals surface area contributed by atoms with E-state index in [1.54, 1.807) is 0 Å². The van der Waals surface area contributed by atoms with Crippen LogP contribution in [0, 0.1) is 0 Å². The predicted molar refractivity (Wildman–Crippen MR) is 83.5 cm³/mol. The highest BCUT2D eigenvalue weighted by Gasteiger charge is 2.23. The number of carbonyl (C=O) groups excluding carboxylic acids is 1. The Labute approximate surface area is 127 Å². The SMILES string of the molecule is C[C@H]1CNCCN1C(=O)Cc1ccc2c(c1)CCC2.Cl. The van der Waals surface area contributed by atoms with Gasteiger partial charge in [-0.2, -0.15) is 0 Å². The first-order valence-electron chi connectivity index (χ1n) is 7.35. The van der Waals surface area contributed by atoms with Crippen LogP contribution in [0.15, 0.2) is 18.2 Å². The van der Waals surface area contributed by atoms with Crippen molar-refractivity contribution in [2.75, 3.05) is 19.6 Å². The highest BCUT2D eigenvalue weighted by atomic mass is 35.5. The van der Waals surface area contributed by atoms with Crippen molar-refractivity contribution < 1.29 is 4.79 Å². The van der Waals surface area contributed by atoms with Gasteiger partial charge in [-0.25, -0.2) is 0 Å². The number of fused-ring (bicyclic) bond motifs is 1. The van der Waals surface area contributed by atoms with Gasteiger partial charge in [-0.3, -0.25) is 4.79 Å². The molecule has 0 saturated carbocycles. The van der Waals surface area contributed by atoms with Crippen molar-refractivity contribution in [3.63, 3.8) is 0 Å². The van der Waals surface area contributed by atoms with E-state index in [1.165, 1.54) is 36.0 Å². The highest BCUT2D eigenvalue weighted by molar-refractivity contribution is 5.85. The molecule has 20 heavy (non-hydrogen) atoms. The van der Waals surface area contributed by atoms with Crippen LogP contribution in [0.2, 0.25) is 0 Å². The van der Waals surface area contributed by atoms with Crippen LogP contribution in [-0.2, 0) is 24.1 Å². The zero-order valence-electron chi connectivity index (χ0n) is 12.0. The number of nitrogens with one attached hydrogen (secondary N) is 1. The van der Waals surface area contributed by atoms with Gasteiger partial charge in [0.2, 0.25) is 5.91 Å². The third-order valence-corrected chi connectivity index (χ3v) is 4.34. The number of carbonyl (C=O) groups is 1. The minimum absolute atomic E-state index is 0. The second-order valence-electron chi connectivity index (χ2n) is 5.77. The van der Waals surface area contributed by atoms with Crippen molar-refractivity contribution in [1.82, 2.24) is 10.2 Å². The van der Waals surface area contributed by atoms with Crippen molar-refractivity contribution in [3.8, 4) is 0 Å². The van der Waals surface area contributed by atoms with Crippen LogP contribution in [0.4, 0.5) is 0 Å². The van der Waals surface area contributed by atoms with Gasteiger partial charge in [0.25, 0.3) is 0 Å². The molecule has 0 unspecified atom stereocenters. The van der Waals surface area contributed by atoms with E-state index >= 15 is 0 Å². The smallest absolute Gasteiger partial charge is 0.227 e. The van der Waals surface area contributed by atoms with E-state index < -0.39 is 0 Å². The van der Waals surface area contributed by atoms with Gasteiger partial charge in [-0.15, -0.1) is 12.4 Å². The molecule has 1 aliphatic carbocycles. The standard InChI is InChI=1S/C16H22N2O.ClH/c1-12-11-17-7-8-18(12)16(19)10-13-5-6-14-3-2-4-15(14)9-13;/h5-6,9,12,17H,2-4,7-8,10-11H2,1H3;1H/t12-;/m0./s1. The van der Waals surface area contributed by atoms with Gasteiger partial charge >= 0.3 is 0 Å². The second-order valence-corrected chi connectivity index (χ2v) is 5.77. The molecule has 0 spiro atoms. The van der Waals surface area contributed by atoms with Gasteiger partial charge in [0, 0.05) is 25.7 Å². The summed E-state index contributed by atoms with van der Waals surface area (Å²) in [7, 11) is 0. The quantitative estimate of drug-likeness (QED) is 0.904. The Hall–Kier alpha value is -1.06. The minimum atomic E-state index is 0. The number of amides is 1. The van der Waals surface area contributed by atoms with Crippen LogP contribution >= 0.6 is 12.4 Å². The van der Waals surface area contributed by atoms with Crippen LogP contribution in [0.1, 0.15) is 30.0 Å². The molecule has 1 aromatic rings. The normalized spacial score (nSPS) is 21.2. The van der Waals surface area contributed by atoms with Gasteiger partial charge in [0.1, 0.15) is 0 Å². The predicted octanol–water partition coefficient (Wildman–Crippen LogP) is 1.96. The first-order valence-corrected chi connectivity index (χ1v) is 7.35. The molecule has 0 bridgehead atoms. The molecular weight excluding hydrogens is 272 g/mol. The van der Waals surface area contributed by atoms with Crippen LogP contribution in [0.5, 0.6) is 0 Å². The Kier molecular flexibility index (Phi) is 5.06. The van der Waals surface area contributed by atoms with Crippen LogP contribution in [0.25, 0.3) is 0 Å². The number of rotatable bonds is 2. The first kappa shape index (κ1) is 15.3. The van der Waals surface area contributed by atoms with E-state index in [1.807, 2.05) is 4.90 Å². The fraction of sp³-hybridized carbons (Fsp3) is 0.562. The number of nitrogens with zero attached hydrogens (tertiary/aromatic N) is 1.